The number of pyridine rings is 2. The van der Waals surface area contributed by atoms with Crippen molar-refractivity contribution in [3.63, 3.8) is 0 Å². The maximum absolute atomic E-state index is 10.4. The second kappa shape index (κ2) is 11.3. The van der Waals surface area contributed by atoms with Gasteiger partial charge < -0.3 is 9.11 Å². The minimum atomic E-state index is -4.27. The summed E-state index contributed by atoms with van der Waals surface area (Å²) in [6, 6.07) is 24.6. The fourth-order valence-electron chi connectivity index (χ4n) is 4.43. The van der Waals surface area contributed by atoms with Crippen LogP contribution in [0, 0.1) is 13.8 Å². The molecule has 0 amide bonds. The Bertz CT molecular complexity index is 1870. The zero-order valence-corrected chi connectivity index (χ0v) is 24.0. The topological polar surface area (TPSA) is 122 Å². The highest BCUT2D eigenvalue weighted by atomic mass is 32.2. The summed E-state index contributed by atoms with van der Waals surface area (Å²) in [5.41, 5.74) is 4.43. The highest BCUT2D eigenvalue weighted by molar-refractivity contribution is 7.86. The summed E-state index contributed by atoms with van der Waals surface area (Å²) in [4.78, 5) is -0.355. The van der Waals surface area contributed by atoms with Gasteiger partial charge in [0.05, 0.1) is 31.3 Å². The normalized spacial score (nSPS) is 11.7. The van der Waals surface area contributed by atoms with Gasteiger partial charge in [-0.05, 0) is 50.2 Å². The van der Waals surface area contributed by atoms with Crippen LogP contribution in [0.25, 0.3) is 32.6 Å². The molecule has 0 fully saturated rings. The number of aromatic nitrogens is 2. The van der Waals surface area contributed by atoms with E-state index in [1.54, 1.807) is 24.3 Å². The molecule has 0 radical (unpaired) electrons. The molecule has 2 aromatic heterocycles. The lowest BCUT2D eigenvalue weighted by Gasteiger charge is -2.06. The van der Waals surface area contributed by atoms with Crippen LogP contribution in [-0.2, 0) is 34.3 Å². The van der Waals surface area contributed by atoms with Gasteiger partial charge >= 0.3 is 0 Å². The molecule has 2 heterocycles. The van der Waals surface area contributed by atoms with Gasteiger partial charge in [-0.3, -0.25) is 0 Å². The van der Waals surface area contributed by atoms with Crippen molar-refractivity contribution in [2.45, 2.75) is 23.6 Å². The molecule has 0 N–H and O–H groups in total. The zero-order chi connectivity index (χ0) is 29.2. The fraction of sp³-hybridized carbons (Fsp3) is 0.133. The van der Waals surface area contributed by atoms with Crippen molar-refractivity contribution in [1.29, 1.82) is 0 Å². The van der Waals surface area contributed by atoms with Crippen LogP contribution >= 0.6 is 0 Å². The summed E-state index contributed by atoms with van der Waals surface area (Å²) in [7, 11) is -4.31. The predicted octanol–water partition coefficient (Wildman–Crippen LogP) is 4.03. The Hall–Kier alpha value is -3.96. The molecule has 0 aliphatic heterocycles. The number of rotatable bonds is 2. The molecule has 10 heteroatoms. The smallest absolute Gasteiger partial charge is 0.213 e. The molecule has 6 rings (SSSR count). The van der Waals surface area contributed by atoms with Gasteiger partial charge in [0.1, 0.15) is 34.3 Å². The summed E-state index contributed by atoms with van der Waals surface area (Å²) < 4.78 is 66.8. The maximum atomic E-state index is 10.4. The minimum absolute atomic E-state index is 0.178. The molecule has 0 aliphatic rings. The van der Waals surface area contributed by atoms with Crippen LogP contribution in [0.3, 0.4) is 0 Å². The van der Waals surface area contributed by atoms with Crippen LogP contribution in [0.2, 0.25) is 0 Å². The third kappa shape index (κ3) is 6.43. The van der Waals surface area contributed by atoms with Crippen LogP contribution in [0.15, 0.2) is 107 Å². The van der Waals surface area contributed by atoms with E-state index in [4.69, 9.17) is 0 Å². The Balaban J connectivity index is 0.000000147. The van der Waals surface area contributed by atoms with Crippen molar-refractivity contribution in [2.24, 2.45) is 14.1 Å². The Morgan fingerprint density at radius 1 is 0.525 bits per heavy atom. The Morgan fingerprint density at radius 3 is 1.15 bits per heavy atom. The van der Waals surface area contributed by atoms with Crippen LogP contribution in [0.5, 0.6) is 0 Å². The number of hydrogen-bond acceptors (Lipinski definition) is 6. The van der Waals surface area contributed by atoms with Crippen molar-refractivity contribution in [2.75, 3.05) is 0 Å². The summed E-state index contributed by atoms with van der Waals surface area (Å²) in [6.45, 7) is 3.64. The van der Waals surface area contributed by atoms with Gasteiger partial charge in [-0.25, -0.2) is 26.0 Å². The lowest BCUT2D eigenvalue weighted by Crippen LogP contribution is -2.32. The molecule has 0 spiro atoms. The molecule has 0 aliphatic carbocycles. The molecule has 6 aromatic rings. The van der Waals surface area contributed by atoms with Crippen molar-refractivity contribution >= 4 is 52.8 Å². The van der Waals surface area contributed by atoms with E-state index in [-0.39, 0.29) is 9.79 Å². The molecule has 8 nitrogen and oxygen atoms in total. The fourth-order valence-corrected chi connectivity index (χ4v) is 5.37. The highest BCUT2D eigenvalue weighted by Gasteiger charge is 2.19. The standard InChI is InChI=1S/C16H14N2.2C7H8O3S/c1-17-9-11-5-4-8-14-16(11)15-12(10-18(14)2)6-3-7-13(15)17;2*1-6-2-4-7(5-3-6)11(8,9)10/h3-10H,1-2H3;2*2-5H,1H3,(H,8,9,10)/q+2;;/p-2. The number of benzene rings is 4. The summed E-state index contributed by atoms with van der Waals surface area (Å²) in [5, 5.41) is 5.34. The van der Waals surface area contributed by atoms with E-state index in [1.807, 2.05) is 13.8 Å². The first-order valence-corrected chi connectivity index (χ1v) is 15.0. The molecule has 4 aromatic carbocycles. The van der Waals surface area contributed by atoms with Gasteiger partial charge in [0.25, 0.3) is 0 Å². The van der Waals surface area contributed by atoms with Gasteiger partial charge in [-0.1, -0.05) is 47.5 Å². The largest absolute Gasteiger partial charge is 0.744 e. The Kier molecular flexibility index (Phi) is 8.18. The van der Waals surface area contributed by atoms with Gasteiger partial charge in [0, 0.05) is 12.1 Å². The van der Waals surface area contributed by atoms with Crippen molar-refractivity contribution < 1.29 is 35.1 Å². The van der Waals surface area contributed by atoms with Crippen molar-refractivity contribution in [1.82, 2.24) is 0 Å². The lowest BCUT2D eigenvalue weighted by atomic mass is 10.0. The molecule has 0 bridgehead atoms. The van der Waals surface area contributed by atoms with Crippen molar-refractivity contribution in [3.8, 4) is 0 Å². The third-order valence-corrected chi connectivity index (χ3v) is 8.14. The first-order valence-electron chi connectivity index (χ1n) is 12.2. The van der Waals surface area contributed by atoms with Crippen LogP contribution in [-0.4, -0.2) is 25.9 Å². The first kappa shape index (κ1) is 29.0. The van der Waals surface area contributed by atoms with Gasteiger partial charge in [-0.2, -0.15) is 0 Å². The molecule has 40 heavy (non-hydrogen) atoms. The first-order chi connectivity index (χ1) is 18.8. The predicted molar refractivity (Wildman–Crippen MR) is 151 cm³/mol. The van der Waals surface area contributed by atoms with E-state index in [0.29, 0.717) is 0 Å². The summed E-state index contributed by atoms with van der Waals surface area (Å²) in [5.74, 6) is 0. The third-order valence-electron chi connectivity index (χ3n) is 6.44. The van der Waals surface area contributed by atoms with E-state index in [0.717, 1.165) is 11.1 Å². The second-order valence-electron chi connectivity index (χ2n) is 9.50. The molecule has 0 atom stereocenters. The molecule has 0 unspecified atom stereocenters. The van der Waals surface area contributed by atoms with E-state index in [2.05, 4.69) is 72.0 Å². The van der Waals surface area contributed by atoms with Gasteiger partial charge in [0.15, 0.2) is 12.4 Å². The van der Waals surface area contributed by atoms with E-state index < -0.39 is 20.2 Å². The quantitative estimate of drug-likeness (QED) is 0.174. The highest BCUT2D eigenvalue weighted by Crippen LogP contribution is 2.29. The van der Waals surface area contributed by atoms with E-state index in [9.17, 15) is 25.9 Å². The van der Waals surface area contributed by atoms with Crippen LogP contribution in [0.1, 0.15) is 11.1 Å². The Morgan fingerprint density at radius 2 is 0.850 bits per heavy atom. The number of nitrogens with zero attached hydrogens (tertiary/aromatic N) is 2. The molecule has 0 saturated heterocycles. The summed E-state index contributed by atoms with van der Waals surface area (Å²) >= 11 is 0. The van der Waals surface area contributed by atoms with Gasteiger partial charge in [-0.15, -0.1) is 0 Å². The van der Waals surface area contributed by atoms with Crippen LogP contribution < -0.4 is 9.13 Å². The molecular weight excluding hydrogens is 548 g/mol. The monoisotopic (exact) mass is 576 g/mol. The van der Waals surface area contributed by atoms with Gasteiger partial charge in [0.2, 0.25) is 11.0 Å². The summed E-state index contributed by atoms with van der Waals surface area (Å²) in [6.07, 6.45) is 4.42. The minimum Gasteiger partial charge on any atom is -0.744 e. The SMILES string of the molecule is C[n+]1cc2cccc3c2c2c(cccc21)c[n+]3C.Cc1ccc(S(=O)(=O)[O-])cc1.Cc1ccc(S(=O)(=O)[O-])cc1. The number of aryl methyl sites for hydroxylation is 4. The Labute approximate surface area is 233 Å². The van der Waals surface area contributed by atoms with Crippen molar-refractivity contribution in [3.05, 3.63) is 108 Å². The molecule has 0 saturated carbocycles. The molecule has 206 valence electrons. The maximum Gasteiger partial charge on any atom is 0.213 e. The zero-order valence-electron chi connectivity index (χ0n) is 22.4. The number of hydrogen-bond donors (Lipinski definition) is 0. The average Bonchev–Trinajstić information content (AvgIpc) is 2.88. The molecular formula is C30H28N2O6S2. The van der Waals surface area contributed by atoms with E-state index in [1.165, 1.54) is 56.8 Å². The van der Waals surface area contributed by atoms with E-state index >= 15 is 0 Å². The van der Waals surface area contributed by atoms with Crippen LogP contribution in [0.4, 0.5) is 0 Å². The average molecular weight is 577 g/mol. The lowest BCUT2D eigenvalue weighted by molar-refractivity contribution is -0.645. The second-order valence-corrected chi connectivity index (χ2v) is 12.3.